The molecule has 0 spiro atoms. The molecule has 1 heterocycles. The Bertz CT molecular complexity index is 634. The number of nitrogens with one attached hydrogen (secondary N) is 2. The summed E-state index contributed by atoms with van der Waals surface area (Å²) >= 11 is 0. The summed E-state index contributed by atoms with van der Waals surface area (Å²) in [6, 6.07) is 10.0. The monoisotopic (exact) mass is 315 g/mol. The van der Waals surface area contributed by atoms with E-state index in [0.29, 0.717) is 13.1 Å². The molecule has 2 atom stereocenters. The van der Waals surface area contributed by atoms with Crippen molar-refractivity contribution in [1.29, 1.82) is 0 Å². The summed E-state index contributed by atoms with van der Waals surface area (Å²) in [5.74, 6) is 0.201. The fourth-order valence-electron chi connectivity index (χ4n) is 3.37. The zero-order valence-electron chi connectivity index (χ0n) is 13.6. The Morgan fingerprint density at radius 3 is 2.91 bits per heavy atom. The average Bonchev–Trinajstić information content (AvgIpc) is 2.97. The zero-order valence-corrected chi connectivity index (χ0v) is 13.6. The summed E-state index contributed by atoms with van der Waals surface area (Å²) in [5, 5.41) is 14.1. The Morgan fingerprint density at radius 2 is 2.13 bits per heavy atom. The second-order valence-electron chi connectivity index (χ2n) is 6.53. The zero-order chi connectivity index (χ0) is 16.2. The molecule has 0 radical (unpaired) electrons. The van der Waals surface area contributed by atoms with Crippen LogP contribution in [0.4, 0.5) is 4.79 Å². The number of hydrogen-bond donors (Lipinski definition) is 3. The molecule has 2 aromatic rings. The summed E-state index contributed by atoms with van der Waals surface area (Å²) in [7, 11) is 1.79. The van der Waals surface area contributed by atoms with Crippen molar-refractivity contribution in [1.82, 2.24) is 15.2 Å². The molecule has 0 aliphatic heterocycles. The first-order chi connectivity index (χ1) is 11.1. The van der Waals surface area contributed by atoms with E-state index in [1.165, 1.54) is 0 Å². The first-order valence-corrected chi connectivity index (χ1v) is 8.37. The summed E-state index contributed by atoms with van der Waals surface area (Å²) in [5.41, 5.74) is 2.07. The van der Waals surface area contributed by atoms with Gasteiger partial charge in [0.2, 0.25) is 0 Å². The fraction of sp³-hybridized carbons (Fsp3) is 0.500. The molecule has 1 aromatic heterocycles. The lowest BCUT2D eigenvalue weighted by Crippen LogP contribution is -2.42. The number of benzene rings is 1. The number of carbonyl (C=O) groups is 1. The largest absolute Gasteiger partial charge is 0.393 e. The van der Waals surface area contributed by atoms with Crippen LogP contribution in [0.15, 0.2) is 30.3 Å². The van der Waals surface area contributed by atoms with E-state index in [1.54, 1.807) is 11.9 Å². The highest BCUT2D eigenvalue weighted by atomic mass is 16.3. The standard InChI is InChI=1S/C18H25N3O2/c1-21(12-14-7-3-5-9-17(14)22)18(23)19-11-15-10-13-6-2-4-8-16(13)20-15/h2,4,6,8,10,14,17,20,22H,3,5,7,9,11-12H2,1H3,(H,19,23)/t14-,17-/m1/s1. The van der Waals surface area contributed by atoms with Crippen LogP contribution in [0.5, 0.6) is 0 Å². The third-order valence-electron chi connectivity index (χ3n) is 4.74. The van der Waals surface area contributed by atoms with Crippen molar-refractivity contribution in [3.05, 3.63) is 36.0 Å². The lowest BCUT2D eigenvalue weighted by Gasteiger charge is -2.31. The van der Waals surface area contributed by atoms with Gasteiger partial charge in [0, 0.05) is 30.7 Å². The smallest absolute Gasteiger partial charge is 0.317 e. The van der Waals surface area contributed by atoms with Gasteiger partial charge in [-0.15, -0.1) is 0 Å². The molecule has 1 fully saturated rings. The van der Waals surface area contributed by atoms with Crippen molar-refractivity contribution in [2.45, 2.75) is 38.3 Å². The van der Waals surface area contributed by atoms with E-state index in [9.17, 15) is 9.90 Å². The van der Waals surface area contributed by atoms with Gasteiger partial charge < -0.3 is 20.3 Å². The Labute approximate surface area is 136 Å². The number of H-pyrrole nitrogens is 1. The third-order valence-corrected chi connectivity index (χ3v) is 4.74. The van der Waals surface area contributed by atoms with Crippen LogP contribution in [0, 0.1) is 5.92 Å². The van der Waals surface area contributed by atoms with E-state index in [1.807, 2.05) is 24.3 Å². The van der Waals surface area contributed by atoms with Gasteiger partial charge in [0.15, 0.2) is 0 Å². The minimum absolute atomic E-state index is 0.0959. The summed E-state index contributed by atoms with van der Waals surface area (Å²) < 4.78 is 0. The normalized spacial score (nSPS) is 21.3. The number of aromatic amines is 1. The second-order valence-corrected chi connectivity index (χ2v) is 6.53. The van der Waals surface area contributed by atoms with Crippen LogP contribution in [0.1, 0.15) is 31.4 Å². The highest BCUT2D eigenvalue weighted by Crippen LogP contribution is 2.24. The first-order valence-electron chi connectivity index (χ1n) is 8.37. The number of para-hydroxylation sites is 1. The van der Waals surface area contributed by atoms with Gasteiger partial charge in [0.05, 0.1) is 12.6 Å². The molecule has 23 heavy (non-hydrogen) atoms. The van der Waals surface area contributed by atoms with Gasteiger partial charge in [0.25, 0.3) is 0 Å². The third kappa shape index (κ3) is 3.85. The molecule has 1 aliphatic carbocycles. The minimum atomic E-state index is -0.271. The number of aliphatic hydroxyl groups excluding tert-OH is 1. The average molecular weight is 315 g/mol. The quantitative estimate of drug-likeness (QED) is 0.812. The molecule has 2 amide bonds. The van der Waals surface area contributed by atoms with Crippen LogP contribution in [-0.4, -0.2) is 40.7 Å². The number of amides is 2. The van der Waals surface area contributed by atoms with Crippen molar-refractivity contribution >= 4 is 16.9 Å². The van der Waals surface area contributed by atoms with E-state index in [2.05, 4.69) is 16.4 Å². The highest BCUT2D eigenvalue weighted by molar-refractivity contribution is 5.80. The van der Waals surface area contributed by atoms with Crippen molar-refractivity contribution in [3.8, 4) is 0 Å². The van der Waals surface area contributed by atoms with Crippen LogP contribution in [0.25, 0.3) is 10.9 Å². The number of fused-ring (bicyclic) bond motifs is 1. The van der Waals surface area contributed by atoms with Gasteiger partial charge in [-0.2, -0.15) is 0 Å². The number of urea groups is 1. The Hall–Kier alpha value is -2.01. The molecular formula is C18H25N3O2. The molecule has 1 saturated carbocycles. The second kappa shape index (κ2) is 7.04. The van der Waals surface area contributed by atoms with E-state index < -0.39 is 0 Å². The lowest BCUT2D eigenvalue weighted by molar-refractivity contribution is 0.0565. The van der Waals surface area contributed by atoms with Crippen LogP contribution in [0.3, 0.4) is 0 Å². The summed E-state index contributed by atoms with van der Waals surface area (Å²) in [6.45, 7) is 1.09. The van der Waals surface area contributed by atoms with Crippen LogP contribution >= 0.6 is 0 Å². The van der Waals surface area contributed by atoms with Crippen molar-refractivity contribution in [2.75, 3.05) is 13.6 Å². The number of aromatic nitrogens is 1. The molecule has 3 N–H and O–H groups in total. The number of hydrogen-bond acceptors (Lipinski definition) is 2. The number of rotatable bonds is 4. The van der Waals surface area contributed by atoms with Crippen LogP contribution in [-0.2, 0) is 6.54 Å². The van der Waals surface area contributed by atoms with Gasteiger partial charge >= 0.3 is 6.03 Å². The van der Waals surface area contributed by atoms with E-state index in [-0.39, 0.29) is 18.1 Å². The Kier molecular flexibility index (Phi) is 4.86. The molecule has 0 bridgehead atoms. The molecule has 124 valence electrons. The predicted molar refractivity (Wildman–Crippen MR) is 91.1 cm³/mol. The SMILES string of the molecule is CN(C[C@H]1CCCC[C@H]1O)C(=O)NCc1cc2ccccc2[nH]1. The Morgan fingerprint density at radius 1 is 1.35 bits per heavy atom. The lowest BCUT2D eigenvalue weighted by atomic mass is 9.86. The molecule has 0 unspecified atom stereocenters. The van der Waals surface area contributed by atoms with Crippen LogP contribution < -0.4 is 5.32 Å². The predicted octanol–water partition coefficient (Wildman–Crippen LogP) is 2.86. The Balaban J connectivity index is 1.51. The maximum absolute atomic E-state index is 12.2. The first kappa shape index (κ1) is 15.9. The van der Waals surface area contributed by atoms with Gasteiger partial charge in [-0.25, -0.2) is 4.79 Å². The molecule has 5 nitrogen and oxygen atoms in total. The topological polar surface area (TPSA) is 68.4 Å². The molecule has 1 aliphatic rings. The van der Waals surface area contributed by atoms with E-state index in [0.717, 1.165) is 42.3 Å². The summed E-state index contributed by atoms with van der Waals surface area (Å²) in [4.78, 5) is 17.2. The fourth-order valence-corrected chi connectivity index (χ4v) is 3.37. The van der Waals surface area contributed by atoms with E-state index >= 15 is 0 Å². The van der Waals surface area contributed by atoms with Crippen LogP contribution in [0.2, 0.25) is 0 Å². The van der Waals surface area contributed by atoms with Crippen molar-refractivity contribution in [3.63, 3.8) is 0 Å². The van der Waals surface area contributed by atoms with E-state index in [4.69, 9.17) is 0 Å². The molecular weight excluding hydrogens is 290 g/mol. The molecule has 1 aromatic carbocycles. The molecule has 3 rings (SSSR count). The molecule has 5 heteroatoms. The van der Waals surface area contributed by atoms with Crippen molar-refractivity contribution in [2.24, 2.45) is 5.92 Å². The number of aliphatic hydroxyl groups is 1. The number of nitrogens with zero attached hydrogens (tertiary/aromatic N) is 1. The number of carbonyl (C=O) groups excluding carboxylic acids is 1. The highest BCUT2D eigenvalue weighted by Gasteiger charge is 2.25. The van der Waals surface area contributed by atoms with Gasteiger partial charge in [-0.3, -0.25) is 0 Å². The summed E-state index contributed by atoms with van der Waals surface area (Å²) in [6.07, 6.45) is 3.82. The maximum atomic E-state index is 12.2. The minimum Gasteiger partial charge on any atom is -0.393 e. The van der Waals surface area contributed by atoms with Gasteiger partial charge in [-0.1, -0.05) is 31.0 Å². The maximum Gasteiger partial charge on any atom is 0.317 e. The van der Waals surface area contributed by atoms with Gasteiger partial charge in [0.1, 0.15) is 0 Å². The van der Waals surface area contributed by atoms with Gasteiger partial charge in [-0.05, 0) is 30.4 Å². The molecule has 0 saturated heterocycles. The van der Waals surface area contributed by atoms with Crippen molar-refractivity contribution < 1.29 is 9.90 Å².